The zero-order valence-corrected chi connectivity index (χ0v) is 20.7. The molecule has 0 bridgehead atoms. The zero-order chi connectivity index (χ0) is 24.3. The first-order chi connectivity index (χ1) is 16.2. The van der Waals surface area contributed by atoms with Gasteiger partial charge in [-0.25, -0.2) is 22.2 Å². The lowest BCUT2D eigenvalue weighted by Gasteiger charge is -2.37. The van der Waals surface area contributed by atoms with E-state index in [1.54, 1.807) is 23.6 Å². The molecule has 1 fully saturated rings. The second kappa shape index (κ2) is 10.6. The predicted octanol–water partition coefficient (Wildman–Crippen LogP) is 5.97. The van der Waals surface area contributed by atoms with Crippen LogP contribution in [0, 0.1) is 0 Å². The lowest BCUT2D eigenvalue weighted by molar-refractivity contribution is 0.0585. The van der Waals surface area contributed by atoms with E-state index in [2.05, 4.69) is 21.5 Å². The van der Waals surface area contributed by atoms with Crippen molar-refractivity contribution < 1.29 is 21.9 Å². The smallest absolute Gasteiger partial charge is 0.263 e. The fourth-order valence-corrected chi connectivity index (χ4v) is 5.84. The van der Waals surface area contributed by atoms with Crippen LogP contribution in [0.25, 0.3) is 0 Å². The minimum absolute atomic E-state index is 0.0204. The first-order valence-electron chi connectivity index (χ1n) is 10.7. The van der Waals surface area contributed by atoms with E-state index in [-0.39, 0.29) is 33.4 Å². The number of likely N-dealkylation sites (tertiary alicyclic amines) is 1. The summed E-state index contributed by atoms with van der Waals surface area (Å²) in [6.07, 6.45) is -1.10. The van der Waals surface area contributed by atoms with E-state index in [0.717, 1.165) is 24.9 Å². The summed E-state index contributed by atoms with van der Waals surface area (Å²) in [5, 5.41) is 1.81. The zero-order valence-electron chi connectivity index (χ0n) is 18.3. The average molecular weight is 528 g/mol. The van der Waals surface area contributed by atoms with Gasteiger partial charge < -0.3 is 4.74 Å². The minimum atomic E-state index is -3.81. The van der Waals surface area contributed by atoms with Crippen molar-refractivity contribution >= 4 is 38.8 Å². The molecule has 0 aliphatic carbocycles. The molecule has 0 amide bonds. The Morgan fingerprint density at radius 3 is 2.79 bits per heavy atom. The number of thiazole rings is 1. The van der Waals surface area contributed by atoms with Crippen molar-refractivity contribution in [2.45, 2.75) is 49.8 Å². The third-order valence-corrected chi connectivity index (χ3v) is 7.97. The first-order valence-corrected chi connectivity index (χ1v) is 13.5. The normalized spacial score (nSPS) is 19.3. The maximum Gasteiger partial charge on any atom is 0.263 e. The number of anilines is 1. The maximum atomic E-state index is 13.0. The van der Waals surface area contributed by atoms with Gasteiger partial charge in [-0.1, -0.05) is 29.8 Å². The van der Waals surface area contributed by atoms with Crippen LogP contribution < -0.4 is 9.46 Å². The molecule has 2 aromatic carbocycles. The minimum Gasteiger partial charge on any atom is -0.489 e. The number of hydrogen-bond acceptors (Lipinski definition) is 6. The number of benzene rings is 2. The van der Waals surface area contributed by atoms with Gasteiger partial charge in [0.15, 0.2) is 5.82 Å². The molecule has 1 aliphatic heterocycles. The van der Waals surface area contributed by atoms with Crippen LogP contribution in [-0.4, -0.2) is 37.0 Å². The number of piperidine rings is 1. The van der Waals surface area contributed by atoms with Gasteiger partial charge in [-0.2, -0.15) is 0 Å². The number of ether oxygens (including phenoxy) is 1. The fraction of sp³-hybridized carbons (Fsp3) is 0.348. The molecule has 0 unspecified atom stereocenters. The Morgan fingerprint density at radius 2 is 2.12 bits per heavy atom. The van der Waals surface area contributed by atoms with Gasteiger partial charge in [-0.15, -0.1) is 11.3 Å². The Kier molecular flexibility index (Phi) is 7.71. The first kappa shape index (κ1) is 24.8. The van der Waals surface area contributed by atoms with Crippen molar-refractivity contribution in [1.82, 2.24) is 9.88 Å². The summed E-state index contributed by atoms with van der Waals surface area (Å²) in [6, 6.07) is 11.1. The molecule has 2 atom stereocenters. The molecule has 2 heterocycles. The summed E-state index contributed by atoms with van der Waals surface area (Å²) in [7, 11) is -3.81. The van der Waals surface area contributed by atoms with Crippen LogP contribution in [0.1, 0.15) is 37.3 Å². The van der Waals surface area contributed by atoms with Crippen LogP contribution >= 0.6 is 22.9 Å². The van der Waals surface area contributed by atoms with Crippen LogP contribution in [0.2, 0.25) is 5.02 Å². The summed E-state index contributed by atoms with van der Waals surface area (Å²) >= 11 is 7.63. The Balaban J connectivity index is 1.36. The quantitative estimate of drug-likeness (QED) is 0.391. The van der Waals surface area contributed by atoms with Gasteiger partial charge in [0.2, 0.25) is 0 Å². The number of halogens is 3. The van der Waals surface area contributed by atoms with Crippen LogP contribution in [0.5, 0.6) is 5.75 Å². The number of sulfonamides is 1. The van der Waals surface area contributed by atoms with Crippen LogP contribution in [0.4, 0.5) is 14.6 Å². The molecule has 1 N–H and O–H groups in total. The van der Waals surface area contributed by atoms with Crippen molar-refractivity contribution in [2.75, 3.05) is 11.3 Å². The topological polar surface area (TPSA) is 71.5 Å². The Bertz CT molecular complexity index is 1230. The SMILES string of the molecule is C[C@H]1C[C@H](Oc2ccc(S(=O)(=O)Nc3cscn3)cc2Cl)CCN1Cc1cccc(C(F)F)c1. The second-order valence-electron chi connectivity index (χ2n) is 8.20. The molecule has 11 heteroatoms. The van der Waals surface area contributed by atoms with Gasteiger partial charge in [0, 0.05) is 30.1 Å². The van der Waals surface area contributed by atoms with Gasteiger partial charge in [-0.05, 0) is 49.6 Å². The van der Waals surface area contributed by atoms with Gasteiger partial charge >= 0.3 is 0 Å². The monoisotopic (exact) mass is 527 g/mol. The molecule has 1 saturated heterocycles. The van der Waals surface area contributed by atoms with E-state index < -0.39 is 16.4 Å². The molecule has 6 nitrogen and oxygen atoms in total. The van der Waals surface area contributed by atoms with Gasteiger partial charge in [0.1, 0.15) is 11.9 Å². The molecule has 1 aromatic heterocycles. The summed E-state index contributed by atoms with van der Waals surface area (Å²) in [5.41, 5.74) is 2.43. The number of alkyl halides is 2. The molecular weight excluding hydrogens is 504 g/mol. The van der Waals surface area contributed by atoms with E-state index in [0.29, 0.717) is 12.3 Å². The maximum absolute atomic E-state index is 13.0. The Morgan fingerprint density at radius 1 is 1.29 bits per heavy atom. The molecule has 1 aliphatic rings. The fourth-order valence-electron chi connectivity index (χ4n) is 3.96. The third-order valence-electron chi connectivity index (χ3n) is 5.73. The molecule has 0 spiro atoms. The molecule has 0 radical (unpaired) electrons. The van der Waals surface area contributed by atoms with Crippen LogP contribution in [-0.2, 0) is 16.6 Å². The Hall–Kier alpha value is -2.27. The molecule has 3 aromatic rings. The second-order valence-corrected chi connectivity index (χ2v) is 11.0. The highest BCUT2D eigenvalue weighted by molar-refractivity contribution is 7.92. The largest absolute Gasteiger partial charge is 0.489 e. The number of aromatic nitrogens is 1. The van der Waals surface area contributed by atoms with Crippen molar-refractivity contribution in [3.05, 3.63) is 69.5 Å². The Labute approximate surface area is 206 Å². The highest BCUT2D eigenvalue weighted by atomic mass is 35.5. The van der Waals surface area contributed by atoms with E-state index in [4.69, 9.17) is 16.3 Å². The van der Waals surface area contributed by atoms with Crippen molar-refractivity contribution in [3.8, 4) is 5.75 Å². The van der Waals surface area contributed by atoms with E-state index >= 15 is 0 Å². The van der Waals surface area contributed by atoms with Gasteiger partial charge in [0.25, 0.3) is 16.4 Å². The van der Waals surface area contributed by atoms with E-state index in [9.17, 15) is 17.2 Å². The highest BCUT2D eigenvalue weighted by Gasteiger charge is 2.28. The number of nitrogens with zero attached hydrogens (tertiary/aromatic N) is 2. The van der Waals surface area contributed by atoms with E-state index in [1.165, 1.54) is 35.0 Å². The lowest BCUT2D eigenvalue weighted by Crippen LogP contribution is -2.43. The summed E-state index contributed by atoms with van der Waals surface area (Å²) in [5.74, 6) is 0.674. The van der Waals surface area contributed by atoms with Crippen molar-refractivity contribution in [2.24, 2.45) is 0 Å². The van der Waals surface area contributed by atoms with E-state index in [1.807, 2.05) is 6.07 Å². The van der Waals surface area contributed by atoms with Crippen LogP contribution in [0.3, 0.4) is 0 Å². The van der Waals surface area contributed by atoms with Gasteiger partial charge in [-0.3, -0.25) is 9.62 Å². The molecular formula is C23H24ClF2N3O3S2. The molecule has 4 rings (SSSR count). The molecule has 34 heavy (non-hydrogen) atoms. The summed E-state index contributed by atoms with van der Waals surface area (Å²) in [4.78, 5) is 6.19. The average Bonchev–Trinajstić information content (AvgIpc) is 3.29. The van der Waals surface area contributed by atoms with Crippen LogP contribution in [0.15, 0.2) is 58.3 Å². The predicted molar refractivity (Wildman–Crippen MR) is 129 cm³/mol. The molecule has 0 saturated carbocycles. The van der Waals surface area contributed by atoms with Crippen molar-refractivity contribution in [3.63, 3.8) is 0 Å². The highest BCUT2D eigenvalue weighted by Crippen LogP contribution is 2.32. The number of hydrogen-bond donors (Lipinski definition) is 1. The number of rotatable bonds is 8. The molecule has 182 valence electrons. The van der Waals surface area contributed by atoms with Crippen molar-refractivity contribution in [1.29, 1.82) is 0 Å². The lowest BCUT2D eigenvalue weighted by atomic mass is 9.99. The summed E-state index contributed by atoms with van der Waals surface area (Å²) in [6.45, 7) is 3.41. The number of nitrogens with one attached hydrogen (secondary N) is 1. The third kappa shape index (κ3) is 6.04. The van der Waals surface area contributed by atoms with Gasteiger partial charge in [0.05, 0.1) is 15.4 Å². The standard InChI is InChI=1S/C23H24ClF2N3O3S2/c1-15-9-18(7-8-29(15)12-16-3-2-4-17(10-16)23(25)26)32-21-6-5-19(11-20(21)24)34(30,31)28-22-13-33-14-27-22/h2-6,10-11,13-15,18,23,28H,7-9,12H2,1H3/t15-,18+/m0/s1. The summed E-state index contributed by atoms with van der Waals surface area (Å²) < 4.78 is 59.6.